The Labute approximate surface area is 176 Å². The van der Waals surface area contributed by atoms with Crippen molar-refractivity contribution in [2.24, 2.45) is 17.6 Å². The number of nitrogens with two attached hydrogens (primary N) is 1. The number of hydrogen-bond donors (Lipinski definition) is 6. The molecule has 3 amide bonds. The molecule has 0 radical (unpaired) electrons. The number of carbonyl (C=O) groups excluding carboxylic acids is 3. The molecule has 0 fully saturated rings. The normalized spacial score (nSPS) is 15.8. The summed E-state index contributed by atoms with van der Waals surface area (Å²) in [4.78, 5) is 58.9. The zero-order chi connectivity index (χ0) is 23.4. The fourth-order valence-corrected chi connectivity index (χ4v) is 2.52. The molecule has 5 atom stereocenters. The fourth-order valence-electron chi connectivity index (χ4n) is 2.52. The average Bonchev–Trinajstić information content (AvgIpc) is 2.70. The van der Waals surface area contributed by atoms with Crippen LogP contribution in [0.25, 0.3) is 0 Å². The van der Waals surface area contributed by atoms with Gasteiger partial charge < -0.3 is 31.9 Å². The predicted octanol–water partition coefficient (Wildman–Crippen LogP) is -0.559. The van der Waals surface area contributed by atoms with Gasteiger partial charge in [-0.3, -0.25) is 19.2 Å². The van der Waals surface area contributed by atoms with Crippen LogP contribution in [0.3, 0.4) is 0 Å². The first-order valence-corrected chi connectivity index (χ1v) is 10.0. The van der Waals surface area contributed by atoms with Crippen LogP contribution in [0.5, 0.6) is 0 Å². The molecule has 0 aliphatic rings. The molecule has 0 bridgehead atoms. The van der Waals surface area contributed by atoms with Crippen LogP contribution >= 0.6 is 0 Å². The van der Waals surface area contributed by atoms with E-state index >= 15 is 0 Å². The summed E-state index contributed by atoms with van der Waals surface area (Å²) in [6.45, 7) is 6.64. The minimum atomic E-state index is -1.26. The largest absolute Gasteiger partial charge is 0.481 e. The molecule has 0 rings (SSSR count). The highest BCUT2D eigenvalue weighted by atomic mass is 16.4. The van der Waals surface area contributed by atoms with E-state index in [1.165, 1.54) is 0 Å². The highest BCUT2D eigenvalue weighted by molar-refractivity contribution is 5.92. The van der Waals surface area contributed by atoms with E-state index in [9.17, 15) is 29.1 Å². The van der Waals surface area contributed by atoms with Gasteiger partial charge in [0.25, 0.3) is 0 Å². The van der Waals surface area contributed by atoms with Crippen LogP contribution < -0.4 is 21.7 Å². The number of carboxylic acids is 2. The van der Waals surface area contributed by atoms with Gasteiger partial charge in [0.05, 0.1) is 12.6 Å². The van der Waals surface area contributed by atoms with Gasteiger partial charge >= 0.3 is 11.9 Å². The average molecular weight is 431 g/mol. The van der Waals surface area contributed by atoms with Crippen LogP contribution in [0.4, 0.5) is 0 Å². The Kier molecular flexibility index (Phi) is 12.3. The number of rotatable bonds is 14. The third-order valence-electron chi connectivity index (χ3n) is 5.06. The zero-order valence-corrected chi connectivity index (χ0v) is 17.9. The molecule has 0 aromatic carbocycles. The van der Waals surface area contributed by atoms with Crippen molar-refractivity contribution >= 4 is 29.7 Å². The lowest BCUT2D eigenvalue weighted by atomic mass is 9.98. The van der Waals surface area contributed by atoms with E-state index in [1.807, 2.05) is 6.92 Å². The van der Waals surface area contributed by atoms with Crippen molar-refractivity contribution < 1.29 is 34.2 Å². The Hall–Kier alpha value is -2.69. The van der Waals surface area contributed by atoms with E-state index < -0.39 is 60.8 Å². The summed E-state index contributed by atoms with van der Waals surface area (Å²) in [7, 11) is 0. The highest BCUT2D eigenvalue weighted by Crippen LogP contribution is 2.09. The molecular formula is C19H34N4O7. The van der Waals surface area contributed by atoms with Gasteiger partial charge in [-0.15, -0.1) is 0 Å². The maximum atomic E-state index is 12.5. The molecule has 5 unspecified atom stereocenters. The molecule has 0 saturated heterocycles. The smallest absolute Gasteiger partial charge is 0.326 e. The molecule has 0 aliphatic heterocycles. The maximum absolute atomic E-state index is 12.5. The van der Waals surface area contributed by atoms with Crippen LogP contribution in [-0.4, -0.2) is 64.5 Å². The van der Waals surface area contributed by atoms with Gasteiger partial charge in [-0.2, -0.15) is 0 Å². The molecule has 30 heavy (non-hydrogen) atoms. The number of amides is 3. The van der Waals surface area contributed by atoms with Crippen molar-refractivity contribution in [2.45, 2.75) is 71.5 Å². The zero-order valence-electron chi connectivity index (χ0n) is 17.9. The number of carboxylic acid groups (broad SMARTS) is 2. The summed E-state index contributed by atoms with van der Waals surface area (Å²) in [5.74, 6) is -4.91. The van der Waals surface area contributed by atoms with Crippen LogP contribution in [0.1, 0.15) is 53.4 Å². The monoisotopic (exact) mass is 430 g/mol. The molecule has 0 aromatic rings. The first kappa shape index (κ1) is 27.3. The summed E-state index contributed by atoms with van der Waals surface area (Å²) < 4.78 is 0. The van der Waals surface area contributed by atoms with Crippen LogP contribution in [0, 0.1) is 11.8 Å². The van der Waals surface area contributed by atoms with E-state index in [-0.39, 0.29) is 18.3 Å². The minimum Gasteiger partial charge on any atom is -0.481 e. The predicted molar refractivity (Wildman–Crippen MR) is 108 cm³/mol. The Morgan fingerprint density at radius 3 is 1.93 bits per heavy atom. The standard InChI is InChI=1S/C19H34N4O7/c1-5-10(3)15(20)18(28)21-9-13(24)22-12(7-8-14(25)26)17(27)23-16(19(29)30)11(4)6-2/h10-12,15-16H,5-9,20H2,1-4H3,(H,21,28)(H,22,24)(H,23,27)(H,25,26)(H,29,30). The molecule has 172 valence electrons. The third kappa shape index (κ3) is 9.68. The Bertz CT molecular complexity index is 626. The quantitative estimate of drug-likeness (QED) is 0.211. The SMILES string of the molecule is CCC(C)C(N)C(=O)NCC(=O)NC(CCC(=O)O)C(=O)NC(C(=O)O)C(C)CC. The molecule has 0 saturated carbocycles. The number of aliphatic carboxylic acids is 2. The van der Waals surface area contributed by atoms with Crippen LogP contribution in [0.2, 0.25) is 0 Å². The molecule has 11 heteroatoms. The first-order chi connectivity index (χ1) is 13.9. The van der Waals surface area contributed by atoms with E-state index in [4.69, 9.17) is 10.8 Å². The van der Waals surface area contributed by atoms with Gasteiger partial charge in [-0.1, -0.05) is 40.5 Å². The second kappa shape index (κ2) is 13.5. The van der Waals surface area contributed by atoms with Crippen molar-refractivity contribution in [1.29, 1.82) is 0 Å². The summed E-state index contributed by atoms with van der Waals surface area (Å²) in [6, 6.07) is -3.24. The number of hydrogen-bond acceptors (Lipinski definition) is 6. The van der Waals surface area contributed by atoms with Crippen molar-refractivity contribution in [3.05, 3.63) is 0 Å². The van der Waals surface area contributed by atoms with Crippen LogP contribution in [-0.2, 0) is 24.0 Å². The fraction of sp³-hybridized carbons (Fsp3) is 0.737. The van der Waals surface area contributed by atoms with E-state index in [0.29, 0.717) is 12.8 Å². The minimum absolute atomic E-state index is 0.0874. The Balaban J connectivity index is 5.05. The van der Waals surface area contributed by atoms with Crippen molar-refractivity contribution in [3.63, 3.8) is 0 Å². The molecule has 0 aromatic heterocycles. The van der Waals surface area contributed by atoms with Crippen molar-refractivity contribution in [2.75, 3.05) is 6.54 Å². The molecule has 0 spiro atoms. The van der Waals surface area contributed by atoms with Crippen molar-refractivity contribution in [3.8, 4) is 0 Å². The lowest BCUT2D eigenvalue weighted by molar-refractivity contribution is -0.144. The van der Waals surface area contributed by atoms with Gasteiger partial charge in [0, 0.05) is 6.42 Å². The molecular weight excluding hydrogens is 396 g/mol. The number of nitrogens with one attached hydrogen (secondary N) is 3. The first-order valence-electron chi connectivity index (χ1n) is 10.0. The summed E-state index contributed by atoms with van der Waals surface area (Å²) in [5, 5.41) is 25.3. The Morgan fingerprint density at radius 1 is 0.900 bits per heavy atom. The van der Waals surface area contributed by atoms with Crippen LogP contribution in [0.15, 0.2) is 0 Å². The van der Waals surface area contributed by atoms with Gasteiger partial charge in [0.15, 0.2) is 0 Å². The molecule has 7 N–H and O–H groups in total. The number of carbonyl (C=O) groups is 5. The van der Waals surface area contributed by atoms with Gasteiger partial charge in [0.1, 0.15) is 12.1 Å². The summed E-state index contributed by atoms with van der Waals surface area (Å²) in [6.07, 6.45) is 0.524. The maximum Gasteiger partial charge on any atom is 0.326 e. The highest BCUT2D eigenvalue weighted by Gasteiger charge is 2.30. The Morgan fingerprint density at radius 2 is 1.47 bits per heavy atom. The summed E-state index contributed by atoms with van der Waals surface area (Å²) in [5.41, 5.74) is 5.78. The van der Waals surface area contributed by atoms with E-state index in [1.54, 1.807) is 20.8 Å². The molecule has 0 heterocycles. The second-order valence-corrected chi connectivity index (χ2v) is 7.39. The van der Waals surface area contributed by atoms with E-state index in [2.05, 4.69) is 16.0 Å². The lowest BCUT2D eigenvalue weighted by Crippen LogP contribution is -2.55. The van der Waals surface area contributed by atoms with Crippen molar-refractivity contribution in [1.82, 2.24) is 16.0 Å². The van der Waals surface area contributed by atoms with Gasteiger partial charge in [-0.05, 0) is 18.3 Å². The third-order valence-corrected chi connectivity index (χ3v) is 5.06. The molecule has 11 nitrogen and oxygen atoms in total. The lowest BCUT2D eigenvalue weighted by Gasteiger charge is -2.24. The summed E-state index contributed by atoms with van der Waals surface area (Å²) >= 11 is 0. The molecule has 0 aliphatic carbocycles. The van der Waals surface area contributed by atoms with E-state index in [0.717, 1.165) is 0 Å². The topological polar surface area (TPSA) is 188 Å². The second-order valence-electron chi connectivity index (χ2n) is 7.39. The van der Waals surface area contributed by atoms with Gasteiger partial charge in [0.2, 0.25) is 17.7 Å². The van der Waals surface area contributed by atoms with Gasteiger partial charge in [-0.25, -0.2) is 4.79 Å².